The third-order valence-electron chi connectivity index (χ3n) is 4.76. The lowest BCUT2D eigenvalue weighted by Crippen LogP contribution is -2.34. The molecule has 0 unspecified atom stereocenters. The minimum Gasteiger partial charge on any atom is -0.366 e. The molecule has 0 aliphatic rings. The molecule has 0 atom stereocenters. The summed E-state index contributed by atoms with van der Waals surface area (Å²) in [6.45, 7) is 12.6. The highest BCUT2D eigenvalue weighted by atomic mass is 16.2. The van der Waals surface area contributed by atoms with Crippen LogP contribution in [-0.4, -0.2) is 42.2 Å². The molecule has 0 heterocycles. The molecule has 0 aromatic heterocycles. The smallest absolute Gasteiger partial charge is 0.254 e. The van der Waals surface area contributed by atoms with Crippen LogP contribution in [0.2, 0.25) is 0 Å². The average molecular weight is 380 g/mol. The van der Waals surface area contributed by atoms with Crippen molar-refractivity contribution in [3.8, 4) is 0 Å². The van der Waals surface area contributed by atoms with Gasteiger partial charge in [0.1, 0.15) is 0 Å². The van der Waals surface area contributed by atoms with Crippen LogP contribution in [0.3, 0.4) is 0 Å². The number of rotatable bonds is 8. The van der Waals surface area contributed by atoms with E-state index in [2.05, 4.69) is 37.9 Å². The first kappa shape index (κ1) is 21.7. The van der Waals surface area contributed by atoms with E-state index in [9.17, 15) is 4.79 Å². The summed E-state index contributed by atoms with van der Waals surface area (Å²) in [5.74, 6) is 0.488. The Balaban J connectivity index is 2.30. The Kier molecular flexibility index (Phi) is 7.80. The van der Waals surface area contributed by atoms with Gasteiger partial charge in [0.25, 0.3) is 5.91 Å². The Labute approximate surface area is 169 Å². The van der Waals surface area contributed by atoms with E-state index in [0.29, 0.717) is 12.5 Å². The zero-order valence-electron chi connectivity index (χ0n) is 18.1. The number of hydrogen-bond donors (Lipinski definition) is 0. The van der Waals surface area contributed by atoms with Gasteiger partial charge in [0.2, 0.25) is 0 Å². The first-order valence-corrected chi connectivity index (χ1v) is 10.0. The molecule has 150 valence electrons. The minimum atomic E-state index is 0.0827. The Morgan fingerprint density at radius 1 is 1.11 bits per heavy atom. The van der Waals surface area contributed by atoms with Crippen molar-refractivity contribution in [1.29, 1.82) is 0 Å². The second-order valence-corrected chi connectivity index (χ2v) is 7.84. The van der Waals surface area contributed by atoms with E-state index in [1.807, 2.05) is 67.4 Å². The van der Waals surface area contributed by atoms with Crippen LogP contribution in [0.15, 0.2) is 47.5 Å². The van der Waals surface area contributed by atoms with E-state index < -0.39 is 0 Å². The van der Waals surface area contributed by atoms with Gasteiger partial charge in [0, 0.05) is 32.2 Å². The van der Waals surface area contributed by atoms with Crippen molar-refractivity contribution in [3.63, 3.8) is 0 Å². The fraction of sp³-hybridized carbons (Fsp3) is 0.417. The summed E-state index contributed by atoms with van der Waals surface area (Å²) in [5, 5.41) is 0. The van der Waals surface area contributed by atoms with Crippen LogP contribution in [0.5, 0.6) is 0 Å². The maximum absolute atomic E-state index is 13.4. The summed E-state index contributed by atoms with van der Waals surface area (Å²) >= 11 is 0. The van der Waals surface area contributed by atoms with Crippen molar-refractivity contribution in [2.45, 2.75) is 41.2 Å². The second-order valence-electron chi connectivity index (χ2n) is 7.84. The van der Waals surface area contributed by atoms with Gasteiger partial charge in [-0.3, -0.25) is 4.79 Å². The van der Waals surface area contributed by atoms with E-state index in [1.165, 1.54) is 0 Å². The third-order valence-corrected chi connectivity index (χ3v) is 4.76. The zero-order valence-corrected chi connectivity index (χ0v) is 18.1. The molecule has 4 heteroatoms. The second kappa shape index (κ2) is 10.1. The summed E-state index contributed by atoms with van der Waals surface area (Å²) in [6.07, 6.45) is 1.84. The number of aliphatic imine (C=N–C) groups is 1. The molecule has 0 radical (unpaired) electrons. The number of hydrogen-bond acceptors (Lipinski definition) is 2. The standard InChI is InChI=1S/C24H33N3O/c1-7-26(6)17-25-23-14-19(4)22(13-20(23)5)24(28)27(15-18(2)3)16-21-11-9-8-10-12-21/h8-14,17-18H,7,15-16H2,1-6H3. The van der Waals surface area contributed by atoms with E-state index in [1.54, 1.807) is 0 Å². The van der Waals surface area contributed by atoms with Crippen LogP contribution in [-0.2, 0) is 6.54 Å². The van der Waals surface area contributed by atoms with Crippen LogP contribution in [0.25, 0.3) is 0 Å². The zero-order chi connectivity index (χ0) is 20.7. The number of nitrogens with zero attached hydrogens (tertiary/aromatic N) is 3. The summed E-state index contributed by atoms with van der Waals surface area (Å²) < 4.78 is 0. The molecule has 0 aliphatic carbocycles. The molecule has 0 saturated heterocycles. The predicted octanol–water partition coefficient (Wildman–Crippen LogP) is 5.21. The summed E-state index contributed by atoms with van der Waals surface area (Å²) in [7, 11) is 2.00. The Morgan fingerprint density at radius 2 is 1.79 bits per heavy atom. The monoisotopic (exact) mass is 379 g/mol. The molecule has 2 aromatic rings. The van der Waals surface area contributed by atoms with Crippen LogP contribution in [0.1, 0.15) is 47.8 Å². The fourth-order valence-electron chi connectivity index (χ4n) is 3.05. The predicted molar refractivity (Wildman–Crippen MR) is 118 cm³/mol. The molecule has 0 saturated carbocycles. The summed E-state index contributed by atoms with van der Waals surface area (Å²) in [4.78, 5) is 21.9. The maximum atomic E-state index is 13.4. The van der Waals surface area contributed by atoms with Crippen molar-refractivity contribution in [2.75, 3.05) is 20.1 Å². The van der Waals surface area contributed by atoms with Gasteiger partial charge < -0.3 is 9.80 Å². The molecule has 1 amide bonds. The van der Waals surface area contributed by atoms with Gasteiger partial charge in [-0.25, -0.2) is 4.99 Å². The van der Waals surface area contributed by atoms with Crippen molar-refractivity contribution >= 4 is 17.9 Å². The normalized spacial score (nSPS) is 11.2. The van der Waals surface area contributed by atoms with E-state index in [-0.39, 0.29) is 5.91 Å². The summed E-state index contributed by atoms with van der Waals surface area (Å²) in [6, 6.07) is 14.2. The van der Waals surface area contributed by atoms with Gasteiger partial charge in [0.15, 0.2) is 0 Å². The number of benzene rings is 2. The highest BCUT2D eigenvalue weighted by Crippen LogP contribution is 2.25. The summed E-state index contributed by atoms with van der Waals surface area (Å²) in [5.41, 5.74) is 4.79. The Hall–Kier alpha value is -2.62. The minimum absolute atomic E-state index is 0.0827. The van der Waals surface area contributed by atoms with Crippen molar-refractivity contribution in [1.82, 2.24) is 9.80 Å². The van der Waals surface area contributed by atoms with Gasteiger partial charge in [-0.05, 0) is 55.5 Å². The number of aryl methyl sites for hydroxylation is 2. The molecular formula is C24H33N3O. The largest absolute Gasteiger partial charge is 0.366 e. The lowest BCUT2D eigenvalue weighted by molar-refractivity contribution is 0.0722. The Bertz CT molecular complexity index is 812. The SMILES string of the molecule is CCN(C)C=Nc1cc(C)c(C(=O)N(Cc2ccccc2)CC(C)C)cc1C. The Morgan fingerprint density at radius 3 is 2.39 bits per heavy atom. The molecule has 4 nitrogen and oxygen atoms in total. The van der Waals surface area contributed by atoms with Crippen molar-refractivity contribution in [2.24, 2.45) is 10.9 Å². The number of amides is 1. The van der Waals surface area contributed by atoms with Crippen LogP contribution >= 0.6 is 0 Å². The van der Waals surface area contributed by atoms with Crippen LogP contribution in [0.4, 0.5) is 5.69 Å². The molecule has 0 aliphatic heterocycles. The van der Waals surface area contributed by atoms with Gasteiger partial charge in [-0.1, -0.05) is 44.2 Å². The molecule has 0 bridgehead atoms. The number of carbonyl (C=O) groups is 1. The lowest BCUT2D eigenvalue weighted by atomic mass is 10.0. The molecule has 2 rings (SSSR count). The fourth-order valence-corrected chi connectivity index (χ4v) is 3.05. The van der Waals surface area contributed by atoms with Gasteiger partial charge >= 0.3 is 0 Å². The molecule has 0 N–H and O–H groups in total. The molecule has 2 aromatic carbocycles. The quantitative estimate of drug-likeness (QED) is 0.466. The third kappa shape index (κ3) is 5.95. The highest BCUT2D eigenvalue weighted by molar-refractivity contribution is 5.96. The van der Waals surface area contributed by atoms with E-state index >= 15 is 0 Å². The molecular weight excluding hydrogens is 346 g/mol. The average Bonchev–Trinajstić information content (AvgIpc) is 2.67. The van der Waals surface area contributed by atoms with Gasteiger partial charge in [0.05, 0.1) is 12.0 Å². The van der Waals surface area contributed by atoms with Crippen LogP contribution in [0, 0.1) is 19.8 Å². The van der Waals surface area contributed by atoms with Crippen molar-refractivity contribution < 1.29 is 4.79 Å². The highest BCUT2D eigenvalue weighted by Gasteiger charge is 2.20. The van der Waals surface area contributed by atoms with Crippen LogP contribution < -0.4 is 0 Å². The maximum Gasteiger partial charge on any atom is 0.254 e. The molecule has 28 heavy (non-hydrogen) atoms. The number of carbonyl (C=O) groups excluding carboxylic acids is 1. The molecule has 0 spiro atoms. The topological polar surface area (TPSA) is 35.9 Å². The lowest BCUT2D eigenvalue weighted by Gasteiger charge is -2.26. The van der Waals surface area contributed by atoms with Crippen molar-refractivity contribution in [3.05, 3.63) is 64.7 Å². The van der Waals surface area contributed by atoms with Gasteiger partial charge in [-0.2, -0.15) is 0 Å². The van der Waals surface area contributed by atoms with Gasteiger partial charge in [-0.15, -0.1) is 0 Å². The van der Waals surface area contributed by atoms with E-state index in [0.717, 1.165) is 41.0 Å². The molecule has 0 fully saturated rings. The van der Waals surface area contributed by atoms with E-state index in [4.69, 9.17) is 0 Å². The first-order chi connectivity index (χ1) is 13.3. The first-order valence-electron chi connectivity index (χ1n) is 10.0.